The van der Waals surface area contributed by atoms with Gasteiger partial charge in [-0.1, -0.05) is 19.1 Å². The van der Waals surface area contributed by atoms with Crippen LogP contribution >= 0.6 is 0 Å². The molecule has 0 radical (unpaired) electrons. The first-order valence-electron chi connectivity index (χ1n) is 9.85. The number of benzene rings is 1. The summed E-state index contributed by atoms with van der Waals surface area (Å²) in [5, 5.41) is 3.07. The van der Waals surface area contributed by atoms with Crippen molar-refractivity contribution in [1.29, 1.82) is 0 Å². The average molecular weight is 390 g/mol. The van der Waals surface area contributed by atoms with Crippen LogP contribution in [0.2, 0.25) is 0 Å². The lowest BCUT2D eigenvalue weighted by Gasteiger charge is -2.30. The molecule has 5 rings (SSSR count). The van der Waals surface area contributed by atoms with Crippen molar-refractivity contribution in [1.82, 2.24) is 24.7 Å². The van der Waals surface area contributed by atoms with E-state index in [9.17, 15) is 4.79 Å². The van der Waals surface area contributed by atoms with Crippen LogP contribution in [0.25, 0.3) is 28.4 Å². The van der Waals surface area contributed by atoms with Crippen molar-refractivity contribution in [2.45, 2.75) is 26.7 Å². The van der Waals surface area contributed by atoms with Crippen LogP contribution < -0.4 is 10.5 Å². The lowest BCUT2D eigenvalue weighted by Crippen LogP contribution is -2.34. The van der Waals surface area contributed by atoms with Gasteiger partial charge in [-0.3, -0.25) is 9.89 Å². The van der Waals surface area contributed by atoms with E-state index in [1.165, 1.54) is 10.7 Å². The van der Waals surface area contributed by atoms with E-state index in [2.05, 4.69) is 31.9 Å². The monoisotopic (exact) mass is 390 g/mol. The summed E-state index contributed by atoms with van der Waals surface area (Å²) < 4.78 is 7.00. The number of aromatic amines is 1. The number of nitrogens with zero attached hydrogens (tertiary/aromatic N) is 5. The third-order valence-corrected chi connectivity index (χ3v) is 5.52. The van der Waals surface area contributed by atoms with Gasteiger partial charge in [0.25, 0.3) is 5.56 Å². The minimum absolute atomic E-state index is 0.208. The van der Waals surface area contributed by atoms with Crippen molar-refractivity contribution in [3.05, 3.63) is 52.6 Å². The zero-order chi connectivity index (χ0) is 20.0. The minimum Gasteiger partial charge on any atom is -0.422 e. The van der Waals surface area contributed by atoms with Gasteiger partial charge in [-0.15, -0.1) is 0 Å². The average Bonchev–Trinajstić information content (AvgIpc) is 3.31. The fraction of sp³-hybridized carbons (Fsp3) is 0.333. The molecule has 148 valence electrons. The van der Waals surface area contributed by atoms with Gasteiger partial charge in [0.05, 0.1) is 11.4 Å². The second kappa shape index (κ2) is 6.88. The smallest absolute Gasteiger partial charge is 0.325 e. The third-order valence-electron chi connectivity index (χ3n) is 5.52. The van der Waals surface area contributed by atoms with Crippen LogP contribution in [0.5, 0.6) is 0 Å². The normalized spacial score (nSPS) is 15.3. The van der Waals surface area contributed by atoms with Crippen LogP contribution in [0.4, 0.5) is 5.95 Å². The molecule has 1 aliphatic heterocycles. The van der Waals surface area contributed by atoms with E-state index in [1.54, 1.807) is 6.20 Å². The maximum absolute atomic E-state index is 12.5. The second-order valence-corrected chi connectivity index (χ2v) is 7.65. The molecule has 4 aromatic rings. The Morgan fingerprint density at radius 1 is 1.17 bits per heavy atom. The molecule has 4 heterocycles. The Balaban J connectivity index is 1.47. The van der Waals surface area contributed by atoms with Crippen LogP contribution in [0, 0.1) is 12.8 Å². The number of hydrogen-bond donors (Lipinski definition) is 1. The quantitative estimate of drug-likeness (QED) is 0.577. The number of aryl methyl sites for hydroxylation is 1. The topological polar surface area (TPSA) is 92.8 Å². The van der Waals surface area contributed by atoms with Crippen LogP contribution in [0.15, 0.2) is 45.7 Å². The highest BCUT2D eigenvalue weighted by Gasteiger charge is 2.20. The molecule has 8 heteroatoms. The van der Waals surface area contributed by atoms with E-state index >= 15 is 0 Å². The molecule has 1 N–H and O–H groups in total. The number of nitrogens with one attached hydrogen (secondary N) is 1. The SMILES string of the molecule is Cc1nc(N2CCC(C)CC2)ncc1-c1cc(=O)n(-c2nc3ccccc3o2)[nH]1. The summed E-state index contributed by atoms with van der Waals surface area (Å²) in [6.45, 7) is 6.17. The molecular formula is C21H22N6O2. The molecule has 0 unspecified atom stereocenters. The molecule has 0 saturated carbocycles. The van der Waals surface area contributed by atoms with Gasteiger partial charge in [0, 0.05) is 30.9 Å². The molecule has 1 saturated heterocycles. The van der Waals surface area contributed by atoms with E-state index in [1.807, 2.05) is 31.2 Å². The molecule has 0 aliphatic carbocycles. The van der Waals surface area contributed by atoms with Crippen LogP contribution in [-0.4, -0.2) is 37.8 Å². The third kappa shape index (κ3) is 3.20. The van der Waals surface area contributed by atoms with Gasteiger partial charge in [0.2, 0.25) is 5.95 Å². The van der Waals surface area contributed by atoms with Gasteiger partial charge in [0.15, 0.2) is 5.58 Å². The van der Waals surface area contributed by atoms with E-state index in [-0.39, 0.29) is 11.6 Å². The number of H-pyrrole nitrogens is 1. The van der Waals surface area contributed by atoms with E-state index in [0.29, 0.717) is 16.8 Å². The van der Waals surface area contributed by atoms with Crippen molar-refractivity contribution < 1.29 is 4.42 Å². The number of oxazole rings is 1. The lowest BCUT2D eigenvalue weighted by atomic mass is 10.00. The number of rotatable bonds is 3. The summed E-state index contributed by atoms with van der Waals surface area (Å²) in [5.74, 6) is 1.50. The molecule has 0 amide bonds. The molecule has 0 spiro atoms. The fourth-order valence-electron chi connectivity index (χ4n) is 3.71. The Kier molecular flexibility index (Phi) is 4.19. The van der Waals surface area contributed by atoms with Crippen molar-refractivity contribution >= 4 is 17.0 Å². The van der Waals surface area contributed by atoms with E-state index in [4.69, 9.17) is 4.42 Å². The van der Waals surface area contributed by atoms with Crippen molar-refractivity contribution in [3.63, 3.8) is 0 Å². The number of piperidine rings is 1. The summed E-state index contributed by atoms with van der Waals surface area (Å²) in [4.78, 5) is 28.4. The van der Waals surface area contributed by atoms with Crippen LogP contribution in [0.3, 0.4) is 0 Å². The van der Waals surface area contributed by atoms with Gasteiger partial charge in [-0.05, 0) is 37.8 Å². The lowest BCUT2D eigenvalue weighted by molar-refractivity contribution is 0.434. The molecule has 8 nitrogen and oxygen atoms in total. The summed E-state index contributed by atoms with van der Waals surface area (Å²) >= 11 is 0. The van der Waals surface area contributed by atoms with Gasteiger partial charge in [-0.2, -0.15) is 9.67 Å². The van der Waals surface area contributed by atoms with E-state index in [0.717, 1.165) is 49.1 Å². The summed E-state index contributed by atoms with van der Waals surface area (Å²) in [6, 6.07) is 9.13. The van der Waals surface area contributed by atoms with Crippen molar-refractivity contribution in [2.24, 2.45) is 5.92 Å². The zero-order valence-corrected chi connectivity index (χ0v) is 16.4. The number of anilines is 1. The van der Waals surface area contributed by atoms with Gasteiger partial charge < -0.3 is 9.32 Å². The second-order valence-electron chi connectivity index (χ2n) is 7.65. The predicted octanol–water partition coefficient (Wildman–Crippen LogP) is 3.31. The standard InChI is InChI=1S/C21H22N6O2/c1-13-7-9-26(10-8-13)20-22-12-15(14(2)23-20)17-11-19(28)27(25-17)21-24-16-5-3-4-6-18(16)29-21/h3-6,11-13,25H,7-10H2,1-2H3. The number of fused-ring (bicyclic) bond motifs is 1. The maximum atomic E-state index is 12.5. The first-order chi connectivity index (χ1) is 14.1. The number of para-hydroxylation sites is 2. The van der Waals surface area contributed by atoms with Crippen LogP contribution in [0.1, 0.15) is 25.5 Å². The number of aromatic nitrogens is 5. The Hall–Kier alpha value is -3.42. The zero-order valence-electron chi connectivity index (χ0n) is 16.4. The molecule has 1 aromatic carbocycles. The molecule has 1 fully saturated rings. The Morgan fingerprint density at radius 2 is 1.97 bits per heavy atom. The number of hydrogen-bond acceptors (Lipinski definition) is 6. The Morgan fingerprint density at radius 3 is 2.72 bits per heavy atom. The Bertz CT molecular complexity index is 1200. The van der Waals surface area contributed by atoms with Gasteiger partial charge >= 0.3 is 6.01 Å². The molecule has 1 aliphatic rings. The molecule has 0 atom stereocenters. The summed E-state index contributed by atoms with van der Waals surface area (Å²) in [7, 11) is 0. The summed E-state index contributed by atoms with van der Waals surface area (Å²) in [5.41, 5.74) is 3.31. The first-order valence-corrected chi connectivity index (χ1v) is 9.85. The maximum Gasteiger partial charge on any atom is 0.325 e. The molecule has 3 aromatic heterocycles. The molecule has 29 heavy (non-hydrogen) atoms. The van der Waals surface area contributed by atoms with Crippen molar-refractivity contribution in [3.8, 4) is 17.3 Å². The Labute approximate surface area is 167 Å². The highest BCUT2D eigenvalue weighted by atomic mass is 16.4. The fourth-order valence-corrected chi connectivity index (χ4v) is 3.71. The molecular weight excluding hydrogens is 368 g/mol. The summed E-state index contributed by atoms with van der Waals surface area (Å²) in [6.07, 6.45) is 4.09. The highest BCUT2D eigenvalue weighted by Crippen LogP contribution is 2.24. The largest absolute Gasteiger partial charge is 0.422 e. The predicted molar refractivity (Wildman–Crippen MR) is 110 cm³/mol. The van der Waals surface area contributed by atoms with Gasteiger partial charge in [-0.25, -0.2) is 9.97 Å². The highest BCUT2D eigenvalue weighted by molar-refractivity contribution is 5.73. The van der Waals surface area contributed by atoms with E-state index < -0.39 is 0 Å². The van der Waals surface area contributed by atoms with Crippen LogP contribution in [-0.2, 0) is 0 Å². The minimum atomic E-state index is -0.250. The molecule has 0 bridgehead atoms. The van der Waals surface area contributed by atoms with Crippen molar-refractivity contribution in [2.75, 3.05) is 18.0 Å². The van der Waals surface area contributed by atoms with Gasteiger partial charge in [0.1, 0.15) is 5.52 Å². The first kappa shape index (κ1) is 17.7.